The van der Waals surface area contributed by atoms with Gasteiger partial charge in [-0.2, -0.15) is 8.78 Å². The van der Waals surface area contributed by atoms with Crippen molar-refractivity contribution in [2.24, 2.45) is 0 Å². The van der Waals surface area contributed by atoms with E-state index in [2.05, 4.69) is 0 Å². The van der Waals surface area contributed by atoms with Crippen LogP contribution in [0, 0.1) is 0 Å². The molecule has 0 aliphatic rings. The minimum absolute atomic E-state index is 0.138. The molecule has 1 aromatic rings. The van der Waals surface area contributed by atoms with Gasteiger partial charge in [0.2, 0.25) is 10.0 Å². The van der Waals surface area contributed by atoms with Gasteiger partial charge in [-0.25, -0.2) is 26.7 Å². The molecule has 0 aliphatic carbocycles. The van der Waals surface area contributed by atoms with Crippen molar-refractivity contribution in [3.63, 3.8) is 0 Å². The van der Waals surface area contributed by atoms with Crippen molar-refractivity contribution in [1.82, 2.24) is 4.72 Å². The topological polar surface area (TPSA) is 109 Å². The second-order valence-corrected chi connectivity index (χ2v) is 5.68. The molecular weight excluding hydrogens is 320 g/mol. The Morgan fingerprint density at radius 2 is 1.95 bits per heavy atom. The van der Waals surface area contributed by atoms with Crippen LogP contribution in [0.2, 0.25) is 0 Å². The highest BCUT2D eigenvalue weighted by molar-refractivity contribution is 7.89. The smallest absolute Gasteiger partial charge is 0.337 e. The number of hydrogen-bond donors (Lipinski definition) is 3. The van der Waals surface area contributed by atoms with Gasteiger partial charge in [0, 0.05) is 5.69 Å². The van der Waals surface area contributed by atoms with Crippen LogP contribution in [-0.2, 0) is 10.0 Å². The zero-order chi connectivity index (χ0) is 16.4. The minimum atomic E-state index is -4.75. The summed E-state index contributed by atoms with van der Waals surface area (Å²) in [6, 6.07) is 2.68. The third-order valence-corrected chi connectivity index (χ3v) is 3.78. The van der Waals surface area contributed by atoms with E-state index in [-0.39, 0.29) is 5.69 Å². The Morgan fingerprint density at radius 3 is 2.43 bits per heavy atom. The van der Waals surface area contributed by atoms with Gasteiger partial charge in [0.15, 0.2) is 0 Å². The number of nitrogens with one attached hydrogen (secondary N) is 1. The molecule has 6 nitrogen and oxygen atoms in total. The van der Waals surface area contributed by atoms with Crippen molar-refractivity contribution in [3.8, 4) is 0 Å². The summed E-state index contributed by atoms with van der Waals surface area (Å²) < 4.78 is 74.1. The molecule has 11 heteroatoms. The van der Waals surface area contributed by atoms with Gasteiger partial charge >= 0.3 is 18.3 Å². The maximum Gasteiger partial charge on any atom is 0.337 e. The molecular formula is C10H10F4N2O4S. The first-order valence-corrected chi connectivity index (χ1v) is 6.74. The van der Waals surface area contributed by atoms with Gasteiger partial charge in [-0.15, -0.1) is 0 Å². The number of carboxylic acids is 1. The lowest BCUT2D eigenvalue weighted by Crippen LogP contribution is -2.41. The Kier molecular flexibility index (Phi) is 4.79. The third kappa shape index (κ3) is 4.04. The number of nitrogen functional groups attached to an aromatic ring is 1. The van der Waals surface area contributed by atoms with Gasteiger partial charge < -0.3 is 10.8 Å². The lowest BCUT2D eigenvalue weighted by Gasteiger charge is -2.16. The lowest BCUT2D eigenvalue weighted by atomic mass is 10.2. The van der Waals surface area contributed by atoms with Gasteiger partial charge in [0.1, 0.15) is 0 Å². The maximum absolute atomic E-state index is 12.7. The highest BCUT2D eigenvalue weighted by atomic mass is 32.2. The number of alkyl halides is 4. The van der Waals surface area contributed by atoms with Crippen LogP contribution in [0.15, 0.2) is 23.1 Å². The van der Waals surface area contributed by atoms with Gasteiger partial charge in [-0.05, 0) is 18.2 Å². The van der Waals surface area contributed by atoms with Gasteiger partial charge in [-0.3, -0.25) is 0 Å². The number of anilines is 1. The summed E-state index contributed by atoms with van der Waals surface area (Å²) in [6.45, 7) is -1.87. The van der Waals surface area contributed by atoms with Crippen LogP contribution < -0.4 is 10.5 Å². The largest absolute Gasteiger partial charge is 0.478 e. The van der Waals surface area contributed by atoms with Crippen molar-refractivity contribution >= 4 is 21.7 Å². The first-order valence-electron chi connectivity index (χ1n) is 5.26. The van der Waals surface area contributed by atoms with E-state index in [4.69, 9.17) is 10.8 Å². The standard InChI is InChI=1S/C10H10F4N2O4S/c11-9(12)10(13,14)4-16-21(19,20)7-3-5(15)1-2-6(7)8(17)18/h1-3,9,16H,4,15H2,(H,17,18). The fourth-order valence-corrected chi connectivity index (χ4v) is 2.56. The van der Waals surface area contributed by atoms with E-state index in [1.807, 2.05) is 0 Å². The molecule has 4 N–H and O–H groups in total. The average molecular weight is 330 g/mol. The van der Waals surface area contributed by atoms with Crippen LogP contribution in [0.4, 0.5) is 23.2 Å². The maximum atomic E-state index is 12.7. The van der Waals surface area contributed by atoms with Crippen LogP contribution in [0.3, 0.4) is 0 Å². The van der Waals surface area contributed by atoms with Gasteiger partial charge in [0.25, 0.3) is 0 Å². The summed E-state index contributed by atoms with van der Waals surface area (Å²) in [5.74, 6) is -6.23. The summed E-state index contributed by atoms with van der Waals surface area (Å²) in [7, 11) is -4.75. The van der Waals surface area contributed by atoms with Crippen LogP contribution in [0.25, 0.3) is 0 Å². The number of aromatic carboxylic acids is 1. The SMILES string of the molecule is Nc1ccc(C(=O)O)c(S(=O)(=O)NCC(F)(F)C(F)F)c1. The molecule has 0 saturated heterocycles. The number of benzene rings is 1. The highest BCUT2D eigenvalue weighted by Crippen LogP contribution is 2.24. The van der Waals surface area contributed by atoms with Gasteiger partial charge in [0.05, 0.1) is 17.0 Å². The normalized spacial score (nSPS) is 12.6. The summed E-state index contributed by atoms with van der Waals surface area (Å²) in [5.41, 5.74) is 4.44. The number of nitrogens with two attached hydrogens (primary N) is 1. The second-order valence-electron chi connectivity index (χ2n) is 3.95. The molecule has 118 valence electrons. The number of halogens is 4. The molecule has 1 aromatic carbocycles. The summed E-state index contributed by atoms with van der Waals surface area (Å²) >= 11 is 0. The first-order chi connectivity index (χ1) is 9.47. The molecule has 0 heterocycles. The number of sulfonamides is 1. The van der Waals surface area contributed by atoms with E-state index in [0.717, 1.165) is 18.2 Å². The minimum Gasteiger partial charge on any atom is -0.478 e. The zero-order valence-corrected chi connectivity index (χ0v) is 11.0. The molecule has 21 heavy (non-hydrogen) atoms. The fourth-order valence-electron chi connectivity index (χ4n) is 1.28. The summed E-state index contributed by atoms with van der Waals surface area (Å²) in [6.07, 6.45) is -4.07. The van der Waals surface area contributed by atoms with Crippen molar-refractivity contribution < 1.29 is 35.9 Å². The Bertz CT molecular complexity index is 648. The predicted octanol–water partition coefficient (Wildman–Crippen LogP) is 1.15. The molecule has 0 atom stereocenters. The van der Waals surface area contributed by atoms with E-state index in [1.54, 1.807) is 0 Å². The molecule has 0 radical (unpaired) electrons. The first kappa shape index (κ1) is 17.2. The second kappa shape index (κ2) is 5.85. The quantitative estimate of drug-likeness (QED) is 0.535. The zero-order valence-electron chi connectivity index (χ0n) is 10.2. The van der Waals surface area contributed by atoms with E-state index >= 15 is 0 Å². The van der Waals surface area contributed by atoms with E-state index in [9.17, 15) is 30.8 Å². The molecule has 0 aromatic heterocycles. The number of carbonyl (C=O) groups is 1. The highest BCUT2D eigenvalue weighted by Gasteiger charge is 2.42. The molecule has 0 amide bonds. The Labute approximate surface area is 116 Å². The van der Waals surface area contributed by atoms with Crippen LogP contribution in [0.5, 0.6) is 0 Å². The Hall–Kier alpha value is -1.88. The predicted molar refractivity (Wildman–Crippen MR) is 64.0 cm³/mol. The summed E-state index contributed by atoms with van der Waals surface area (Å²) in [5, 5.41) is 8.84. The summed E-state index contributed by atoms with van der Waals surface area (Å²) in [4.78, 5) is 10.00. The van der Waals surface area contributed by atoms with Crippen LogP contribution in [-0.4, -0.2) is 38.4 Å². The third-order valence-electron chi connectivity index (χ3n) is 2.34. The van der Waals surface area contributed by atoms with Crippen LogP contribution in [0.1, 0.15) is 10.4 Å². The molecule has 0 unspecified atom stereocenters. The monoisotopic (exact) mass is 330 g/mol. The van der Waals surface area contributed by atoms with Crippen molar-refractivity contribution in [3.05, 3.63) is 23.8 Å². The van der Waals surface area contributed by atoms with E-state index in [0.29, 0.717) is 0 Å². The molecule has 1 rings (SSSR count). The Balaban J connectivity index is 3.15. The number of rotatable bonds is 6. The molecule has 0 bridgehead atoms. The van der Waals surface area contributed by atoms with Crippen molar-refractivity contribution in [2.75, 3.05) is 12.3 Å². The lowest BCUT2D eigenvalue weighted by molar-refractivity contribution is -0.122. The molecule has 0 fully saturated rings. The van der Waals surface area contributed by atoms with Crippen molar-refractivity contribution in [1.29, 1.82) is 0 Å². The Morgan fingerprint density at radius 1 is 1.38 bits per heavy atom. The van der Waals surface area contributed by atoms with Gasteiger partial charge in [-0.1, -0.05) is 0 Å². The molecule has 0 spiro atoms. The fraction of sp³-hybridized carbons (Fsp3) is 0.300. The average Bonchev–Trinajstić information content (AvgIpc) is 2.36. The number of hydrogen-bond acceptors (Lipinski definition) is 4. The van der Waals surface area contributed by atoms with E-state index in [1.165, 1.54) is 4.72 Å². The molecule has 0 saturated carbocycles. The van der Waals surface area contributed by atoms with Crippen LogP contribution >= 0.6 is 0 Å². The molecule has 0 aliphatic heterocycles. The van der Waals surface area contributed by atoms with E-state index < -0.39 is 45.3 Å². The number of carboxylic acid groups (broad SMARTS) is 1. The van der Waals surface area contributed by atoms with Crippen molar-refractivity contribution in [2.45, 2.75) is 17.2 Å².